The standard InChI is InChI=1S/C38H54P2/c1-2-4-35(34(3-1)23-39-36-14-25-5-26(15-36)7-27(6-25)16-36)24-40(37-17-28-8-29(18-37)10-30(9-28)19-37)38-20-31-11-32(21-38)13-33(12-31)22-38/h1-4,25-33,39H,5-24H2. The fourth-order valence-electron chi connectivity index (χ4n) is 15.3. The molecule has 12 aliphatic rings. The van der Waals surface area contributed by atoms with Crippen LogP contribution in [0.3, 0.4) is 0 Å². The maximum absolute atomic E-state index is 2.66. The second-order valence-electron chi connectivity index (χ2n) is 18.2. The third kappa shape index (κ3) is 4.02. The summed E-state index contributed by atoms with van der Waals surface area (Å²) in [4.78, 5) is 0. The minimum Gasteiger partial charge on any atom is -0.111 e. The summed E-state index contributed by atoms with van der Waals surface area (Å²) in [5.74, 6) is 9.97. The van der Waals surface area contributed by atoms with Gasteiger partial charge in [-0.15, -0.1) is 8.58 Å². The van der Waals surface area contributed by atoms with Crippen LogP contribution in [0.25, 0.3) is 0 Å². The zero-order valence-corrected chi connectivity index (χ0v) is 27.0. The molecule has 12 saturated carbocycles. The largest absolute Gasteiger partial charge is 0.111 e. The summed E-state index contributed by atoms with van der Waals surface area (Å²) in [5.41, 5.74) is 3.68. The Morgan fingerprint density at radius 3 is 1.25 bits per heavy atom. The van der Waals surface area contributed by atoms with Crippen LogP contribution in [0, 0.1) is 53.3 Å². The van der Waals surface area contributed by atoms with Crippen molar-refractivity contribution >= 4 is 16.5 Å². The van der Waals surface area contributed by atoms with Crippen LogP contribution in [-0.2, 0) is 12.3 Å². The molecular weight excluding hydrogens is 518 g/mol. The van der Waals surface area contributed by atoms with Crippen molar-refractivity contribution in [2.45, 2.75) is 143 Å². The first-order valence-corrected chi connectivity index (χ1v) is 20.8. The highest BCUT2D eigenvalue weighted by Gasteiger charge is 2.62. The SMILES string of the molecule is c1ccc(CP(C23CC4CC(CC(C4)C2)C3)C23CC4CC(CC(C4)C2)C3)c(CPC23CC4CC(CC(C4)C2)C3)c1. The predicted octanol–water partition coefficient (Wildman–Crippen LogP) is 10.8. The summed E-state index contributed by atoms with van der Waals surface area (Å²) < 4.78 is 0. The van der Waals surface area contributed by atoms with Crippen LogP contribution in [0.5, 0.6) is 0 Å². The fraction of sp³-hybridized carbons (Fsp3) is 0.842. The van der Waals surface area contributed by atoms with Gasteiger partial charge in [-0.1, -0.05) is 32.2 Å². The molecule has 13 rings (SSSR count). The van der Waals surface area contributed by atoms with Gasteiger partial charge in [-0.3, -0.25) is 0 Å². The van der Waals surface area contributed by atoms with E-state index in [9.17, 15) is 0 Å². The van der Waals surface area contributed by atoms with E-state index < -0.39 is 0 Å². The highest BCUT2D eigenvalue weighted by Crippen LogP contribution is 2.79. The topological polar surface area (TPSA) is 0 Å². The number of benzene rings is 1. The van der Waals surface area contributed by atoms with E-state index in [1.54, 1.807) is 116 Å². The first-order chi connectivity index (χ1) is 19.5. The van der Waals surface area contributed by atoms with Gasteiger partial charge in [-0.2, -0.15) is 0 Å². The van der Waals surface area contributed by atoms with Gasteiger partial charge < -0.3 is 0 Å². The van der Waals surface area contributed by atoms with Crippen molar-refractivity contribution in [2.24, 2.45) is 53.3 Å². The Morgan fingerprint density at radius 2 is 0.850 bits per heavy atom. The van der Waals surface area contributed by atoms with Crippen LogP contribution in [0.1, 0.15) is 127 Å². The third-order valence-electron chi connectivity index (χ3n) is 15.3. The molecular formula is C38H54P2. The molecule has 0 amide bonds. The Balaban J connectivity index is 0.982. The summed E-state index contributed by atoms with van der Waals surface area (Å²) in [6, 6.07) is 10.1. The summed E-state index contributed by atoms with van der Waals surface area (Å²) in [6.07, 6.45) is 32.2. The van der Waals surface area contributed by atoms with Gasteiger partial charge in [0.25, 0.3) is 0 Å². The Kier molecular flexibility index (Phi) is 5.76. The van der Waals surface area contributed by atoms with Crippen molar-refractivity contribution in [1.82, 2.24) is 0 Å². The minimum absolute atomic E-state index is 0.0640. The van der Waals surface area contributed by atoms with Crippen LogP contribution in [0.15, 0.2) is 24.3 Å². The van der Waals surface area contributed by atoms with Crippen molar-refractivity contribution in [3.63, 3.8) is 0 Å². The molecule has 12 bridgehead atoms. The van der Waals surface area contributed by atoms with Crippen molar-refractivity contribution < 1.29 is 0 Å². The van der Waals surface area contributed by atoms with Crippen molar-refractivity contribution in [3.05, 3.63) is 35.4 Å². The predicted molar refractivity (Wildman–Crippen MR) is 172 cm³/mol. The molecule has 12 aliphatic carbocycles. The monoisotopic (exact) mass is 572 g/mol. The molecule has 40 heavy (non-hydrogen) atoms. The highest BCUT2D eigenvalue weighted by atomic mass is 31.1. The molecule has 1 atom stereocenters. The zero-order chi connectivity index (χ0) is 26.1. The lowest BCUT2D eigenvalue weighted by atomic mass is 9.55. The van der Waals surface area contributed by atoms with Crippen LogP contribution in [0.4, 0.5) is 0 Å². The molecule has 0 nitrogen and oxygen atoms in total. The lowest BCUT2D eigenvalue weighted by Gasteiger charge is -2.67. The summed E-state index contributed by atoms with van der Waals surface area (Å²) >= 11 is 0. The van der Waals surface area contributed by atoms with E-state index in [-0.39, 0.29) is 7.92 Å². The lowest BCUT2D eigenvalue weighted by molar-refractivity contribution is 0.0184. The smallest absolute Gasteiger partial charge is 0.00603 e. The van der Waals surface area contributed by atoms with E-state index in [4.69, 9.17) is 0 Å². The second-order valence-corrected chi connectivity index (χ2v) is 23.0. The molecule has 0 spiro atoms. The fourth-order valence-corrected chi connectivity index (χ4v) is 22.7. The van der Waals surface area contributed by atoms with Gasteiger partial charge in [0.2, 0.25) is 0 Å². The lowest BCUT2D eigenvalue weighted by Crippen LogP contribution is -2.56. The van der Waals surface area contributed by atoms with Gasteiger partial charge >= 0.3 is 0 Å². The van der Waals surface area contributed by atoms with Gasteiger partial charge in [0, 0.05) is 0 Å². The molecule has 0 aliphatic heterocycles. The van der Waals surface area contributed by atoms with Gasteiger partial charge in [-0.05, 0) is 208 Å². The Labute approximate surface area is 247 Å². The molecule has 1 unspecified atom stereocenters. The minimum atomic E-state index is 0.0640. The molecule has 0 radical (unpaired) electrons. The first kappa shape index (κ1) is 25.4. The maximum atomic E-state index is 2.66. The van der Waals surface area contributed by atoms with Gasteiger partial charge in [0.15, 0.2) is 0 Å². The molecule has 0 heterocycles. The quantitative estimate of drug-likeness (QED) is 0.285. The Morgan fingerprint density at radius 1 is 0.500 bits per heavy atom. The van der Waals surface area contributed by atoms with E-state index >= 15 is 0 Å². The van der Waals surface area contributed by atoms with Crippen molar-refractivity contribution in [2.75, 3.05) is 0 Å². The van der Waals surface area contributed by atoms with Crippen LogP contribution >= 0.6 is 16.5 Å². The Hall–Kier alpha value is 0.0800. The van der Waals surface area contributed by atoms with E-state index in [0.29, 0.717) is 0 Å². The van der Waals surface area contributed by atoms with E-state index in [1.165, 1.54) is 20.9 Å². The van der Waals surface area contributed by atoms with E-state index in [2.05, 4.69) is 24.3 Å². The van der Waals surface area contributed by atoms with Crippen LogP contribution < -0.4 is 0 Å². The summed E-state index contributed by atoms with van der Waals surface area (Å²) in [7, 11) is 1.26. The highest BCUT2D eigenvalue weighted by molar-refractivity contribution is 7.60. The van der Waals surface area contributed by atoms with E-state index in [0.717, 1.165) is 68.7 Å². The molecule has 216 valence electrons. The average molecular weight is 573 g/mol. The third-order valence-corrected chi connectivity index (χ3v) is 21.3. The molecule has 1 aromatic rings. The molecule has 0 saturated heterocycles. The molecule has 1 aromatic carbocycles. The maximum Gasteiger partial charge on any atom is -0.00603 e. The zero-order valence-electron chi connectivity index (χ0n) is 25.1. The van der Waals surface area contributed by atoms with Crippen LogP contribution in [-0.4, -0.2) is 15.5 Å². The van der Waals surface area contributed by atoms with E-state index in [1.807, 2.05) is 11.1 Å². The van der Waals surface area contributed by atoms with Crippen molar-refractivity contribution in [3.8, 4) is 0 Å². The summed E-state index contributed by atoms with van der Waals surface area (Å²) in [5, 5.41) is 2.29. The molecule has 0 aromatic heterocycles. The molecule has 12 fully saturated rings. The normalized spacial score (nSPS) is 53.8. The molecule has 0 N–H and O–H groups in total. The second kappa shape index (κ2) is 9.06. The molecule has 2 heteroatoms. The van der Waals surface area contributed by atoms with Crippen LogP contribution in [0.2, 0.25) is 0 Å². The van der Waals surface area contributed by atoms with Gasteiger partial charge in [0.1, 0.15) is 0 Å². The van der Waals surface area contributed by atoms with Gasteiger partial charge in [0.05, 0.1) is 0 Å². The van der Waals surface area contributed by atoms with Gasteiger partial charge in [-0.25, -0.2) is 0 Å². The Bertz CT molecular complexity index is 1010. The summed E-state index contributed by atoms with van der Waals surface area (Å²) in [6.45, 7) is 0. The van der Waals surface area contributed by atoms with Crippen molar-refractivity contribution in [1.29, 1.82) is 0 Å². The number of rotatable bonds is 7. The first-order valence-electron chi connectivity index (χ1n) is 18.1. The average Bonchev–Trinajstić information content (AvgIpc) is 2.89. The number of hydrogen-bond donors (Lipinski definition) is 0. The number of hydrogen-bond acceptors (Lipinski definition) is 0.